The Morgan fingerprint density at radius 2 is 2.42 bits per heavy atom. The zero-order valence-electron chi connectivity index (χ0n) is 6.30. The summed E-state index contributed by atoms with van der Waals surface area (Å²) in [5.41, 5.74) is 0.101. The molecule has 0 saturated heterocycles. The molecule has 0 saturated carbocycles. The Morgan fingerprint density at radius 3 is 3.17 bits per heavy atom. The van der Waals surface area contributed by atoms with E-state index in [0.717, 1.165) is 0 Å². The molecule has 0 aliphatic carbocycles. The maximum atomic E-state index is 13.0. The van der Waals surface area contributed by atoms with E-state index in [9.17, 15) is 9.18 Å². The van der Waals surface area contributed by atoms with Crippen molar-refractivity contribution in [2.45, 2.75) is 6.42 Å². The number of ketones is 1. The minimum atomic E-state index is -0.489. The molecule has 0 atom stereocenters. The predicted octanol–water partition coefficient (Wildman–Crippen LogP) is 1.22. The molecule has 62 valence electrons. The van der Waals surface area contributed by atoms with Gasteiger partial charge < -0.3 is 5.32 Å². The third kappa shape index (κ3) is 0.958. The Morgan fingerprint density at radius 1 is 1.58 bits per heavy atom. The van der Waals surface area contributed by atoms with Crippen molar-refractivity contribution in [3.8, 4) is 0 Å². The lowest BCUT2D eigenvalue weighted by Crippen LogP contribution is -2.20. The van der Waals surface area contributed by atoms with Gasteiger partial charge in [-0.25, -0.2) is 9.37 Å². The van der Waals surface area contributed by atoms with Gasteiger partial charge in [0, 0.05) is 19.2 Å². The zero-order valence-corrected chi connectivity index (χ0v) is 6.30. The number of nitrogens with one attached hydrogen (secondary N) is 1. The van der Waals surface area contributed by atoms with Crippen molar-refractivity contribution in [2.24, 2.45) is 0 Å². The Labute approximate surface area is 68.6 Å². The summed E-state index contributed by atoms with van der Waals surface area (Å²) in [4.78, 5) is 15.0. The second-order valence-corrected chi connectivity index (χ2v) is 2.62. The molecular weight excluding hydrogens is 159 g/mol. The van der Waals surface area contributed by atoms with Gasteiger partial charge in [0.25, 0.3) is 0 Å². The van der Waals surface area contributed by atoms with Gasteiger partial charge in [-0.05, 0) is 6.07 Å². The van der Waals surface area contributed by atoms with Crippen LogP contribution in [0.2, 0.25) is 0 Å². The molecule has 3 nitrogen and oxygen atoms in total. The molecule has 0 aromatic carbocycles. The summed E-state index contributed by atoms with van der Waals surface area (Å²) in [5, 5.41) is 2.86. The molecule has 0 bridgehead atoms. The van der Waals surface area contributed by atoms with Gasteiger partial charge in [0.05, 0.1) is 5.56 Å². The van der Waals surface area contributed by atoms with Crippen LogP contribution in [0.3, 0.4) is 0 Å². The highest BCUT2D eigenvalue weighted by atomic mass is 19.1. The average Bonchev–Trinajstić information content (AvgIpc) is 2.04. The minimum absolute atomic E-state index is 0.101. The lowest BCUT2D eigenvalue weighted by Gasteiger charge is -2.15. The van der Waals surface area contributed by atoms with Gasteiger partial charge in [0.2, 0.25) is 0 Å². The molecule has 1 aromatic rings. The maximum absolute atomic E-state index is 13.0. The van der Waals surface area contributed by atoms with Crippen LogP contribution in [0.5, 0.6) is 0 Å². The van der Waals surface area contributed by atoms with Crippen LogP contribution in [0.25, 0.3) is 0 Å². The van der Waals surface area contributed by atoms with Crippen LogP contribution in [0.15, 0.2) is 12.3 Å². The molecule has 0 fully saturated rings. The predicted molar refractivity (Wildman–Crippen MR) is 41.6 cm³/mol. The van der Waals surface area contributed by atoms with E-state index in [4.69, 9.17) is 0 Å². The van der Waals surface area contributed by atoms with Gasteiger partial charge >= 0.3 is 0 Å². The Hall–Kier alpha value is -1.45. The van der Waals surface area contributed by atoms with Gasteiger partial charge in [-0.15, -0.1) is 0 Å². The number of pyridine rings is 1. The van der Waals surface area contributed by atoms with E-state index in [-0.39, 0.29) is 11.3 Å². The van der Waals surface area contributed by atoms with Crippen molar-refractivity contribution in [2.75, 3.05) is 11.9 Å². The van der Waals surface area contributed by atoms with Crippen LogP contribution in [-0.2, 0) is 0 Å². The van der Waals surface area contributed by atoms with Gasteiger partial charge in [-0.1, -0.05) is 0 Å². The highest BCUT2D eigenvalue weighted by Gasteiger charge is 2.21. The summed E-state index contributed by atoms with van der Waals surface area (Å²) in [5.74, 6) is -0.294. The third-order valence-electron chi connectivity index (χ3n) is 1.82. The van der Waals surface area contributed by atoms with Crippen molar-refractivity contribution in [1.82, 2.24) is 4.98 Å². The molecule has 12 heavy (non-hydrogen) atoms. The van der Waals surface area contributed by atoms with Gasteiger partial charge in [0.15, 0.2) is 5.78 Å². The normalized spacial score (nSPS) is 15.2. The second-order valence-electron chi connectivity index (χ2n) is 2.62. The SMILES string of the molecule is O=C1CCNc2nccc(F)c21. The maximum Gasteiger partial charge on any atom is 0.171 e. The van der Waals surface area contributed by atoms with Crippen LogP contribution in [0.1, 0.15) is 16.8 Å². The van der Waals surface area contributed by atoms with Crippen molar-refractivity contribution >= 4 is 11.6 Å². The molecule has 0 amide bonds. The summed E-state index contributed by atoms with van der Waals surface area (Å²) in [6.07, 6.45) is 1.69. The van der Waals surface area contributed by atoms with Crippen LogP contribution in [-0.4, -0.2) is 17.3 Å². The molecule has 4 heteroatoms. The van der Waals surface area contributed by atoms with Crippen molar-refractivity contribution < 1.29 is 9.18 Å². The molecule has 1 aliphatic rings. The number of hydrogen-bond donors (Lipinski definition) is 1. The highest BCUT2D eigenvalue weighted by Crippen LogP contribution is 2.21. The molecule has 2 rings (SSSR count). The standard InChI is InChI=1S/C8H7FN2O/c9-5-1-3-10-8-7(5)6(12)2-4-11-8/h1,3H,2,4H2,(H,10,11). The van der Waals surface area contributed by atoms with E-state index in [2.05, 4.69) is 10.3 Å². The first-order chi connectivity index (χ1) is 5.79. The average molecular weight is 166 g/mol. The number of hydrogen-bond acceptors (Lipinski definition) is 3. The topological polar surface area (TPSA) is 42.0 Å². The molecule has 2 heterocycles. The number of rotatable bonds is 0. The second kappa shape index (κ2) is 2.55. The van der Waals surface area contributed by atoms with E-state index in [1.807, 2.05) is 0 Å². The summed E-state index contributed by atoms with van der Waals surface area (Å²) < 4.78 is 13.0. The van der Waals surface area contributed by atoms with Crippen molar-refractivity contribution in [3.05, 3.63) is 23.6 Å². The van der Waals surface area contributed by atoms with E-state index < -0.39 is 5.82 Å². The monoisotopic (exact) mass is 166 g/mol. The number of Topliss-reactive ketones (excluding diaryl/α,β-unsaturated/α-hetero) is 1. The fourth-order valence-corrected chi connectivity index (χ4v) is 1.26. The Bertz CT molecular complexity index is 338. The van der Waals surface area contributed by atoms with E-state index in [1.54, 1.807) is 0 Å². The van der Waals surface area contributed by atoms with Gasteiger partial charge in [0.1, 0.15) is 11.6 Å². The summed E-state index contributed by atoms with van der Waals surface area (Å²) in [6, 6.07) is 1.20. The first-order valence-corrected chi connectivity index (χ1v) is 3.70. The van der Waals surface area contributed by atoms with Crippen molar-refractivity contribution in [1.29, 1.82) is 0 Å². The zero-order chi connectivity index (χ0) is 8.55. The quantitative estimate of drug-likeness (QED) is 0.630. The fraction of sp³-hybridized carbons (Fsp3) is 0.250. The largest absolute Gasteiger partial charge is 0.369 e. The molecule has 1 N–H and O–H groups in total. The number of fused-ring (bicyclic) bond motifs is 1. The molecule has 0 radical (unpaired) electrons. The number of halogens is 1. The molecule has 1 aliphatic heterocycles. The first kappa shape index (κ1) is 7.21. The van der Waals surface area contributed by atoms with E-state index in [1.165, 1.54) is 12.3 Å². The molecule has 0 unspecified atom stereocenters. The third-order valence-corrected chi connectivity index (χ3v) is 1.82. The molecule has 0 spiro atoms. The number of carbonyl (C=O) groups excluding carboxylic acids is 1. The number of nitrogens with zero attached hydrogens (tertiary/aromatic N) is 1. The summed E-state index contributed by atoms with van der Waals surface area (Å²) in [6.45, 7) is 0.544. The lowest BCUT2D eigenvalue weighted by molar-refractivity contribution is 0.0979. The van der Waals surface area contributed by atoms with Gasteiger partial charge in [-0.2, -0.15) is 0 Å². The molecule has 1 aromatic heterocycles. The lowest BCUT2D eigenvalue weighted by atomic mass is 10.1. The Balaban J connectivity index is 2.60. The van der Waals surface area contributed by atoms with Crippen molar-refractivity contribution in [3.63, 3.8) is 0 Å². The number of carbonyl (C=O) groups is 1. The number of aromatic nitrogens is 1. The Kier molecular flexibility index (Phi) is 1.53. The number of anilines is 1. The van der Waals surface area contributed by atoms with Crippen LogP contribution in [0, 0.1) is 5.82 Å². The summed E-state index contributed by atoms with van der Waals surface area (Å²) >= 11 is 0. The fourth-order valence-electron chi connectivity index (χ4n) is 1.26. The van der Waals surface area contributed by atoms with E-state index >= 15 is 0 Å². The van der Waals surface area contributed by atoms with Crippen LogP contribution < -0.4 is 5.32 Å². The van der Waals surface area contributed by atoms with E-state index in [0.29, 0.717) is 18.8 Å². The first-order valence-electron chi connectivity index (χ1n) is 3.70. The van der Waals surface area contributed by atoms with Crippen LogP contribution >= 0.6 is 0 Å². The highest BCUT2D eigenvalue weighted by molar-refractivity contribution is 6.02. The summed E-state index contributed by atoms with van der Waals surface area (Å²) in [7, 11) is 0. The van der Waals surface area contributed by atoms with Gasteiger partial charge in [-0.3, -0.25) is 4.79 Å². The minimum Gasteiger partial charge on any atom is -0.369 e. The smallest absolute Gasteiger partial charge is 0.171 e. The molecular formula is C8H7FN2O. The van der Waals surface area contributed by atoms with Crippen LogP contribution in [0.4, 0.5) is 10.2 Å².